The molecule has 0 saturated heterocycles. The molecule has 0 atom stereocenters. The summed E-state index contributed by atoms with van der Waals surface area (Å²) in [6, 6.07) is 2.61. The van der Waals surface area contributed by atoms with Gasteiger partial charge in [0.2, 0.25) is 0 Å². The lowest BCUT2D eigenvalue weighted by Crippen LogP contribution is -2.16. The van der Waals surface area contributed by atoms with Crippen molar-refractivity contribution < 1.29 is 33.6 Å². The zero-order valence-electron chi connectivity index (χ0n) is 13.0. The summed E-state index contributed by atoms with van der Waals surface area (Å²) in [5, 5.41) is 11.6. The van der Waals surface area contributed by atoms with Crippen LogP contribution in [0, 0.1) is 0 Å². The van der Waals surface area contributed by atoms with Gasteiger partial charge in [-0.1, -0.05) is 12.7 Å². The van der Waals surface area contributed by atoms with Gasteiger partial charge in [-0.05, 0) is 0 Å². The number of ether oxygens (including phenoxy) is 4. The minimum Gasteiger partial charge on any atom is -0.493 e. The number of amides is 1. The van der Waals surface area contributed by atoms with Gasteiger partial charge in [-0.3, -0.25) is 5.32 Å². The number of benzene rings is 1. The molecule has 126 valence electrons. The molecule has 0 fully saturated rings. The first-order valence-corrected chi connectivity index (χ1v) is 6.65. The lowest BCUT2D eigenvalue weighted by Gasteiger charge is -2.15. The number of carbonyl (C=O) groups is 2. The molecule has 8 nitrogen and oxygen atoms in total. The highest BCUT2D eigenvalue weighted by Crippen LogP contribution is 2.33. The predicted molar refractivity (Wildman–Crippen MR) is 82.5 cm³/mol. The second-order valence-corrected chi connectivity index (χ2v) is 4.21. The SMILES string of the molecule is C=CCOC(=O)Nc1cc(OCCOC)c(OC)cc1C(=O)O. The van der Waals surface area contributed by atoms with Crippen molar-refractivity contribution in [3.05, 3.63) is 30.4 Å². The number of methoxy groups -OCH3 is 2. The summed E-state index contributed by atoms with van der Waals surface area (Å²) in [7, 11) is 2.91. The van der Waals surface area contributed by atoms with Crippen LogP contribution in [0.5, 0.6) is 11.5 Å². The minimum absolute atomic E-state index is 0.00158. The molecule has 0 aromatic heterocycles. The molecule has 0 aliphatic carbocycles. The van der Waals surface area contributed by atoms with Crippen molar-refractivity contribution in [2.45, 2.75) is 0 Å². The van der Waals surface area contributed by atoms with Gasteiger partial charge in [0.25, 0.3) is 0 Å². The second kappa shape index (κ2) is 9.31. The molecule has 0 spiro atoms. The Hall–Kier alpha value is -2.74. The van der Waals surface area contributed by atoms with Crippen molar-refractivity contribution in [1.82, 2.24) is 0 Å². The maximum atomic E-state index is 11.6. The Bertz CT molecular complexity index is 571. The Kier molecular flexibility index (Phi) is 7.41. The second-order valence-electron chi connectivity index (χ2n) is 4.21. The molecule has 0 radical (unpaired) electrons. The fourth-order valence-electron chi connectivity index (χ4n) is 1.63. The summed E-state index contributed by atoms with van der Waals surface area (Å²) < 4.78 is 20.2. The van der Waals surface area contributed by atoms with Crippen molar-refractivity contribution >= 4 is 17.7 Å². The number of hydrogen-bond acceptors (Lipinski definition) is 6. The molecular formula is C15H19NO7. The summed E-state index contributed by atoms with van der Waals surface area (Å²) in [6.07, 6.45) is 0.589. The Balaban J connectivity index is 3.08. The average molecular weight is 325 g/mol. The van der Waals surface area contributed by atoms with Gasteiger partial charge in [-0.25, -0.2) is 9.59 Å². The molecule has 0 unspecified atom stereocenters. The van der Waals surface area contributed by atoms with Crippen molar-refractivity contribution in [1.29, 1.82) is 0 Å². The first kappa shape index (κ1) is 18.3. The van der Waals surface area contributed by atoms with Crippen molar-refractivity contribution in [3.8, 4) is 11.5 Å². The maximum Gasteiger partial charge on any atom is 0.411 e. The fourth-order valence-corrected chi connectivity index (χ4v) is 1.63. The van der Waals surface area contributed by atoms with Crippen LogP contribution in [0.15, 0.2) is 24.8 Å². The van der Waals surface area contributed by atoms with Gasteiger partial charge in [0.05, 0.1) is 25.0 Å². The van der Waals surface area contributed by atoms with Gasteiger partial charge in [0.15, 0.2) is 11.5 Å². The highest BCUT2D eigenvalue weighted by molar-refractivity contribution is 5.99. The molecule has 23 heavy (non-hydrogen) atoms. The van der Waals surface area contributed by atoms with Gasteiger partial charge in [-0.15, -0.1) is 0 Å². The van der Waals surface area contributed by atoms with Gasteiger partial charge < -0.3 is 24.1 Å². The lowest BCUT2D eigenvalue weighted by molar-refractivity contribution is 0.0697. The third kappa shape index (κ3) is 5.51. The van der Waals surface area contributed by atoms with E-state index >= 15 is 0 Å². The Labute approximate surface area is 133 Å². The number of nitrogens with one attached hydrogen (secondary N) is 1. The smallest absolute Gasteiger partial charge is 0.411 e. The van der Waals surface area contributed by atoms with Crippen LogP contribution >= 0.6 is 0 Å². The van der Waals surface area contributed by atoms with E-state index in [1.807, 2.05) is 0 Å². The van der Waals surface area contributed by atoms with Crippen molar-refractivity contribution in [2.75, 3.05) is 39.4 Å². The summed E-state index contributed by atoms with van der Waals surface area (Å²) in [4.78, 5) is 22.9. The largest absolute Gasteiger partial charge is 0.493 e. The highest BCUT2D eigenvalue weighted by atomic mass is 16.5. The first-order valence-electron chi connectivity index (χ1n) is 6.65. The molecule has 0 heterocycles. The van der Waals surface area contributed by atoms with E-state index in [1.54, 1.807) is 0 Å². The lowest BCUT2D eigenvalue weighted by atomic mass is 10.1. The van der Waals surface area contributed by atoms with E-state index in [-0.39, 0.29) is 36.0 Å². The number of hydrogen-bond donors (Lipinski definition) is 2. The minimum atomic E-state index is -1.23. The third-order valence-corrected chi connectivity index (χ3v) is 2.65. The first-order chi connectivity index (χ1) is 11.0. The summed E-state index contributed by atoms with van der Waals surface area (Å²) >= 11 is 0. The number of carbonyl (C=O) groups excluding carboxylic acids is 1. The van der Waals surface area contributed by atoms with Gasteiger partial charge in [0.1, 0.15) is 13.2 Å². The quantitative estimate of drug-likeness (QED) is 0.529. The van der Waals surface area contributed by atoms with Crippen LogP contribution in [0.1, 0.15) is 10.4 Å². The van der Waals surface area contributed by atoms with Gasteiger partial charge >= 0.3 is 12.1 Å². The molecule has 0 saturated carbocycles. The topological polar surface area (TPSA) is 103 Å². The Morgan fingerprint density at radius 3 is 2.57 bits per heavy atom. The Morgan fingerprint density at radius 1 is 1.26 bits per heavy atom. The van der Waals surface area contributed by atoms with E-state index in [0.29, 0.717) is 6.61 Å². The third-order valence-electron chi connectivity index (χ3n) is 2.65. The van der Waals surface area contributed by atoms with E-state index in [2.05, 4.69) is 11.9 Å². The number of carboxylic acid groups (broad SMARTS) is 1. The highest BCUT2D eigenvalue weighted by Gasteiger charge is 2.18. The molecule has 2 N–H and O–H groups in total. The van der Waals surface area contributed by atoms with E-state index < -0.39 is 12.1 Å². The van der Waals surface area contributed by atoms with E-state index in [1.165, 1.54) is 32.4 Å². The van der Waals surface area contributed by atoms with Crippen LogP contribution in [-0.4, -0.2) is 51.2 Å². The maximum absolute atomic E-state index is 11.6. The number of aromatic carboxylic acids is 1. The zero-order valence-corrected chi connectivity index (χ0v) is 13.0. The van der Waals surface area contributed by atoms with E-state index in [4.69, 9.17) is 18.9 Å². The van der Waals surface area contributed by atoms with Crippen LogP contribution in [0.2, 0.25) is 0 Å². The van der Waals surface area contributed by atoms with Crippen molar-refractivity contribution in [3.63, 3.8) is 0 Å². The van der Waals surface area contributed by atoms with Gasteiger partial charge in [0, 0.05) is 19.2 Å². The van der Waals surface area contributed by atoms with E-state index in [9.17, 15) is 14.7 Å². The van der Waals surface area contributed by atoms with Crippen LogP contribution in [0.3, 0.4) is 0 Å². The van der Waals surface area contributed by atoms with E-state index in [0.717, 1.165) is 0 Å². The molecule has 0 aliphatic heterocycles. The van der Waals surface area contributed by atoms with Crippen LogP contribution < -0.4 is 14.8 Å². The van der Waals surface area contributed by atoms with Crippen molar-refractivity contribution in [2.24, 2.45) is 0 Å². The summed E-state index contributed by atoms with van der Waals surface area (Å²) in [6.45, 7) is 4.00. The average Bonchev–Trinajstić information content (AvgIpc) is 2.53. The molecule has 1 amide bonds. The molecule has 1 aromatic rings. The molecule has 0 aliphatic rings. The Morgan fingerprint density at radius 2 is 2.00 bits per heavy atom. The molecular weight excluding hydrogens is 306 g/mol. The molecule has 8 heteroatoms. The van der Waals surface area contributed by atoms with Crippen LogP contribution in [-0.2, 0) is 9.47 Å². The number of carboxylic acids is 1. The standard InChI is InChI=1S/C15H19NO7/c1-4-5-23-15(19)16-11-9-13(22-7-6-20-2)12(21-3)8-10(11)14(17)18/h4,8-9H,1,5-7H2,2-3H3,(H,16,19)(H,17,18). The normalized spacial score (nSPS) is 9.83. The number of rotatable bonds is 9. The monoisotopic (exact) mass is 325 g/mol. The zero-order chi connectivity index (χ0) is 17.2. The van der Waals surface area contributed by atoms with Crippen LogP contribution in [0.25, 0.3) is 0 Å². The molecule has 1 rings (SSSR count). The number of anilines is 1. The molecule has 1 aromatic carbocycles. The molecule has 0 bridgehead atoms. The predicted octanol–water partition coefficient (Wildman–Crippen LogP) is 2.15. The summed E-state index contributed by atoms with van der Waals surface area (Å²) in [5.41, 5.74) is -0.128. The van der Waals surface area contributed by atoms with Gasteiger partial charge in [-0.2, -0.15) is 0 Å². The summed E-state index contributed by atoms with van der Waals surface area (Å²) in [5.74, 6) is -0.733. The van der Waals surface area contributed by atoms with Crippen LogP contribution in [0.4, 0.5) is 10.5 Å². The fraction of sp³-hybridized carbons (Fsp3) is 0.333.